The van der Waals surface area contributed by atoms with Crippen molar-refractivity contribution in [1.82, 2.24) is 0 Å². The molecule has 1 atom stereocenters. The van der Waals surface area contributed by atoms with E-state index in [0.29, 0.717) is 5.75 Å². The number of carboxylic acids is 1. The fourth-order valence-electron chi connectivity index (χ4n) is 0.946. The van der Waals surface area contributed by atoms with Crippen LogP contribution in [0.5, 0.6) is 5.75 Å². The maximum atomic E-state index is 12.6. The topological polar surface area (TPSA) is 46.5 Å². The minimum Gasteiger partial charge on any atom is -0.490 e. The van der Waals surface area contributed by atoms with Crippen LogP contribution in [0.3, 0.4) is 0 Å². The van der Waals surface area contributed by atoms with Crippen molar-refractivity contribution in [3.63, 3.8) is 0 Å². The van der Waals surface area contributed by atoms with Gasteiger partial charge in [0.2, 0.25) is 6.17 Å². The molecule has 1 aromatic rings. The van der Waals surface area contributed by atoms with E-state index >= 15 is 0 Å². The van der Waals surface area contributed by atoms with Gasteiger partial charge in [0.15, 0.2) is 0 Å². The summed E-state index contributed by atoms with van der Waals surface area (Å²) in [6, 6.07) is 7.01. The number of ether oxygens (including phenoxy) is 1. The molecule has 0 saturated carbocycles. The summed E-state index contributed by atoms with van der Waals surface area (Å²) in [6.07, 6.45) is -1.98. The third kappa shape index (κ3) is 3.05. The molecule has 0 aliphatic carbocycles. The van der Waals surface area contributed by atoms with Gasteiger partial charge in [-0.15, -0.1) is 0 Å². The molecule has 0 fully saturated rings. The first-order valence-corrected chi connectivity index (χ1v) is 4.16. The van der Waals surface area contributed by atoms with Crippen LogP contribution < -0.4 is 4.74 Å². The molecule has 1 N–H and O–H groups in total. The second-order valence-corrected chi connectivity index (χ2v) is 2.93. The molecule has 0 spiro atoms. The Hall–Kier alpha value is -1.58. The van der Waals surface area contributed by atoms with E-state index in [-0.39, 0.29) is 0 Å². The number of hydrogen-bond acceptors (Lipinski definition) is 2. The van der Waals surface area contributed by atoms with Gasteiger partial charge in [0.05, 0.1) is 0 Å². The highest BCUT2D eigenvalue weighted by Gasteiger charge is 2.15. The number of aryl methyl sites for hydroxylation is 1. The summed E-state index contributed by atoms with van der Waals surface area (Å²) in [4.78, 5) is 10.1. The fraction of sp³-hybridized carbons (Fsp3) is 0.300. The van der Waals surface area contributed by atoms with Crippen LogP contribution in [0.2, 0.25) is 0 Å². The maximum Gasteiger partial charge on any atom is 0.341 e. The average molecular weight is 198 g/mol. The van der Waals surface area contributed by atoms with Gasteiger partial charge >= 0.3 is 5.97 Å². The predicted molar refractivity (Wildman–Crippen MR) is 49.2 cm³/mol. The van der Waals surface area contributed by atoms with E-state index in [9.17, 15) is 9.18 Å². The molecule has 0 aliphatic heterocycles. The molecule has 3 nitrogen and oxygen atoms in total. The first kappa shape index (κ1) is 10.5. The summed E-state index contributed by atoms with van der Waals surface area (Å²) in [5, 5.41) is 8.26. The first-order valence-electron chi connectivity index (χ1n) is 4.16. The van der Waals surface area contributed by atoms with Gasteiger partial charge in [-0.25, -0.2) is 9.18 Å². The molecule has 1 unspecified atom stereocenters. The van der Waals surface area contributed by atoms with Gasteiger partial charge in [-0.1, -0.05) is 12.1 Å². The molecular formula is C10H11FO3. The summed E-state index contributed by atoms with van der Waals surface area (Å²) in [7, 11) is 0. The van der Waals surface area contributed by atoms with Crippen LogP contribution in [0.15, 0.2) is 24.3 Å². The lowest BCUT2D eigenvalue weighted by Crippen LogP contribution is -2.22. The molecule has 1 aromatic carbocycles. The van der Waals surface area contributed by atoms with E-state index in [1.54, 1.807) is 18.2 Å². The molecule has 0 aromatic heterocycles. The minimum atomic E-state index is -1.98. The first-order chi connectivity index (χ1) is 6.59. The molecule has 4 heteroatoms. The highest BCUT2D eigenvalue weighted by molar-refractivity contribution is 5.72. The van der Waals surface area contributed by atoms with Crippen LogP contribution in [0, 0.1) is 6.92 Å². The minimum absolute atomic E-state index is 0.460. The summed E-state index contributed by atoms with van der Waals surface area (Å²) in [5.41, 5.74) is 0.980. The van der Waals surface area contributed by atoms with Gasteiger partial charge in [-0.2, -0.15) is 0 Å². The lowest BCUT2D eigenvalue weighted by Gasteiger charge is -2.07. The number of rotatable bonds is 4. The molecule has 14 heavy (non-hydrogen) atoms. The third-order valence-electron chi connectivity index (χ3n) is 1.65. The zero-order chi connectivity index (χ0) is 10.6. The third-order valence-corrected chi connectivity index (χ3v) is 1.65. The number of alkyl halides is 1. The molecule has 0 heterocycles. The van der Waals surface area contributed by atoms with Crippen LogP contribution in [0.25, 0.3) is 0 Å². The zero-order valence-corrected chi connectivity index (χ0v) is 7.74. The maximum absolute atomic E-state index is 12.6. The average Bonchev–Trinajstić information content (AvgIpc) is 2.14. The Labute approximate surface area is 81.1 Å². The van der Waals surface area contributed by atoms with Crippen molar-refractivity contribution in [2.45, 2.75) is 13.1 Å². The van der Waals surface area contributed by atoms with Crippen molar-refractivity contribution in [3.05, 3.63) is 29.8 Å². The summed E-state index contributed by atoms with van der Waals surface area (Å²) >= 11 is 0. The van der Waals surface area contributed by atoms with Crippen LogP contribution in [0.4, 0.5) is 4.39 Å². The number of aliphatic carboxylic acids is 1. The number of hydrogen-bond donors (Lipinski definition) is 1. The highest BCUT2D eigenvalue weighted by Crippen LogP contribution is 2.12. The quantitative estimate of drug-likeness (QED) is 0.802. The number of benzene rings is 1. The highest BCUT2D eigenvalue weighted by atomic mass is 19.1. The van der Waals surface area contributed by atoms with E-state index in [1.165, 1.54) is 0 Å². The molecule has 0 saturated heterocycles. The van der Waals surface area contributed by atoms with Gasteiger partial charge in [-0.3, -0.25) is 0 Å². The van der Waals surface area contributed by atoms with Crippen LogP contribution in [-0.4, -0.2) is 23.9 Å². The van der Waals surface area contributed by atoms with Gasteiger partial charge in [0.25, 0.3) is 0 Å². The largest absolute Gasteiger partial charge is 0.490 e. The smallest absolute Gasteiger partial charge is 0.341 e. The van der Waals surface area contributed by atoms with E-state index in [0.717, 1.165) is 5.56 Å². The van der Waals surface area contributed by atoms with E-state index in [4.69, 9.17) is 9.84 Å². The van der Waals surface area contributed by atoms with Crippen molar-refractivity contribution in [1.29, 1.82) is 0 Å². The van der Waals surface area contributed by atoms with Crippen molar-refractivity contribution >= 4 is 5.97 Å². The van der Waals surface area contributed by atoms with Crippen molar-refractivity contribution < 1.29 is 19.0 Å². The second-order valence-electron chi connectivity index (χ2n) is 2.93. The van der Waals surface area contributed by atoms with Crippen molar-refractivity contribution in [3.8, 4) is 5.75 Å². The Kier molecular flexibility index (Phi) is 3.45. The molecule has 1 rings (SSSR count). The molecule has 0 aliphatic rings. The zero-order valence-electron chi connectivity index (χ0n) is 7.74. The van der Waals surface area contributed by atoms with Crippen molar-refractivity contribution in [2.24, 2.45) is 0 Å². The van der Waals surface area contributed by atoms with Gasteiger partial charge in [0.1, 0.15) is 12.4 Å². The standard InChI is InChI=1S/C10H11FO3/c1-7-3-2-4-8(5-7)14-6-9(11)10(12)13/h2-5,9H,6H2,1H3,(H,12,13). The molecule has 0 amide bonds. The molecular weight excluding hydrogens is 187 g/mol. The normalized spacial score (nSPS) is 12.1. The Morgan fingerprint density at radius 3 is 2.93 bits per heavy atom. The molecule has 76 valence electrons. The van der Waals surface area contributed by atoms with Gasteiger partial charge < -0.3 is 9.84 Å². The summed E-state index contributed by atoms with van der Waals surface area (Å²) in [5.74, 6) is -1.02. The Morgan fingerprint density at radius 2 is 2.36 bits per heavy atom. The molecule has 0 bridgehead atoms. The van der Waals surface area contributed by atoms with Crippen LogP contribution in [-0.2, 0) is 4.79 Å². The Morgan fingerprint density at radius 1 is 1.64 bits per heavy atom. The number of carboxylic acid groups (broad SMARTS) is 1. The van der Waals surface area contributed by atoms with Crippen LogP contribution >= 0.6 is 0 Å². The van der Waals surface area contributed by atoms with E-state index < -0.39 is 18.7 Å². The lowest BCUT2D eigenvalue weighted by molar-refractivity contribution is -0.143. The number of halogens is 1. The predicted octanol–water partition coefficient (Wildman–Crippen LogP) is 1.80. The summed E-state index contributed by atoms with van der Waals surface area (Å²) in [6.45, 7) is 1.41. The van der Waals surface area contributed by atoms with E-state index in [2.05, 4.69) is 0 Å². The number of carbonyl (C=O) groups is 1. The fourth-order valence-corrected chi connectivity index (χ4v) is 0.946. The Bertz CT molecular complexity index is 325. The SMILES string of the molecule is Cc1cccc(OCC(F)C(=O)O)c1. The van der Waals surface area contributed by atoms with E-state index in [1.807, 2.05) is 13.0 Å². The Balaban J connectivity index is 2.49. The molecule has 0 radical (unpaired) electrons. The van der Waals surface area contributed by atoms with Gasteiger partial charge in [-0.05, 0) is 24.6 Å². The van der Waals surface area contributed by atoms with Crippen molar-refractivity contribution in [2.75, 3.05) is 6.61 Å². The monoisotopic (exact) mass is 198 g/mol. The van der Waals surface area contributed by atoms with Gasteiger partial charge in [0, 0.05) is 0 Å². The summed E-state index contributed by atoms with van der Waals surface area (Å²) < 4.78 is 17.5. The van der Waals surface area contributed by atoms with Crippen LogP contribution in [0.1, 0.15) is 5.56 Å². The second kappa shape index (κ2) is 4.60. The lowest BCUT2D eigenvalue weighted by atomic mass is 10.2.